The second-order valence-corrected chi connectivity index (χ2v) is 5.07. The van der Waals surface area contributed by atoms with Crippen LogP contribution in [0.25, 0.3) is 0 Å². The van der Waals surface area contributed by atoms with Crippen molar-refractivity contribution in [2.75, 3.05) is 26.9 Å². The van der Waals surface area contributed by atoms with Gasteiger partial charge in [0.25, 0.3) is 0 Å². The summed E-state index contributed by atoms with van der Waals surface area (Å²) in [5.74, 6) is 2.02. The van der Waals surface area contributed by atoms with E-state index in [0.717, 1.165) is 12.0 Å². The van der Waals surface area contributed by atoms with Crippen LogP contribution in [-0.4, -0.2) is 32.0 Å². The highest BCUT2D eigenvalue weighted by Gasteiger charge is 2.28. The maximum absolute atomic E-state index is 9.50. The van der Waals surface area contributed by atoms with Crippen molar-refractivity contribution in [3.63, 3.8) is 0 Å². The zero-order valence-electron chi connectivity index (χ0n) is 11.2. The van der Waals surface area contributed by atoms with Gasteiger partial charge < -0.3 is 19.3 Å². The fourth-order valence-corrected chi connectivity index (χ4v) is 2.03. The van der Waals surface area contributed by atoms with Crippen LogP contribution in [0, 0.1) is 0 Å². The first kappa shape index (κ1) is 13.0. The zero-order valence-corrected chi connectivity index (χ0v) is 11.2. The van der Waals surface area contributed by atoms with Crippen molar-refractivity contribution >= 4 is 0 Å². The lowest BCUT2D eigenvalue weighted by atomic mass is 9.84. The normalized spacial score (nSPS) is 15.1. The van der Waals surface area contributed by atoms with Crippen molar-refractivity contribution in [2.24, 2.45) is 0 Å². The van der Waals surface area contributed by atoms with Crippen LogP contribution in [0.15, 0.2) is 12.1 Å². The summed E-state index contributed by atoms with van der Waals surface area (Å²) in [7, 11) is 1.61. The molecule has 0 aromatic heterocycles. The molecular formula is C14H20O4. The predicted molar refractivity (Wildman–Crippen MR) is 68.7 cm³/mol. The topological polar surface area (TPSA) is 47.9 Å². The van der Waals surface area contributed by atoms with E-state index in [0.29, 0.717) is 30.5 Å². The Morgan fingerprint density at radius 2 is 2.00 bits per heavy atom. The van der Waals surface area contributed by atoms with Crippen molar-refractivity contribution in [3.8, 4) is 17.2 Å². The maximum Gasteiger partial charge on any atom is 0.203 e. The molecular weight excluding hydrogens is 232 g/mol. The Morgan fingerprint density at radius 3 is 2.67 bits per heavy atom. The van der Waals surface area contributed by atoms with E-state index in [9.17, 15) is 5.11 Å². The van der Waals surface area contributed by atoms with Gasteiger partial charge in [0.1, 0.15) is 0 Å². The van der Waals surface area contributed by atoms with Crippen LogP contribution in [0.3, 0.4) is 0 Å². The fraction of sp³-hybridized carbons (Fsp3) is 0.571. The summed E-state index contributed by atoms with van der Waals surface area (Å²) in [5, 5.41) is 9.50. The van der Waals surface area contributed by atoms with E-state index in [1.807, 2.05) is 26.0 Å². The summed E-state index contributed by atoms with van der Waals surface area (Å²) >= 11 is 0. The van der Waals surface area contributed by atoms with Gasteiger partial charge in [-0.2, -0.15) is 0 Å². The van der Waals surface area contributed by atoms with Gasteiger partial charge in [-0.25, -0.2) is 0 Å². The van der Waals surface area contributed by atoms with E-state index in [1.54, 1.807) is 7.11 Å². The summed E-state index contributed by atoms with van der Waals surface area (Å²) in [4.78, 5) is 0. The number of hydrogen-bond donors (Lipinski definition) is 1. The molecule has 0 amide bonds. The minimum Gasteiger partial charge on any atom is -0.492 e. The number of fused-ring (bicyclic) bond motifs is 1. The smallest absolute Gasteiger partial charge is 0.203 e. The Kier molecular flexibility index (Phi) is 3.66. The minimum atomic E-state index is -0.379. The highest BCUT2D eigenvalue weighted by molar-refractivity contribution is 5.58. The largest absolute Gasteiger partial charge is 0.492 e. The number of benzene rings is 1. The molecule has 1 aliphatic heterocycles. The van der Waals surface area contributed by atoms with Gasteiger partial charge in [0.2, 0.25) is 5.75 Å². The molecule has 1 aromatic carbocycles. The zero-order chi connectivity index (χ0) is 13.2. The third-order valence-corrected chi connectivity index (χ3v) is 3.20. The van der Waals surface area contributed by atoms with Gasteiger partial charge in [0.15, 0.2) is 11.5 Å². The Labute approximate surface area is 107 Å². The van der Waals surface area contributed by atoms with Crippen LogP contribution in [0.4, 0.5) is 0 Å². The van der Waals surface area contributed by atoms with Crippen molar-refractivity contribution in [1.82, 2.24) is 0 Å². The predicted octanol–water partition coefficient (Wildman–Crippen LogP) is 2.13. The van der Waals surface area contributed by atoms with E-state index in [-0.39, 0.29) is 12.0 Å². The second-order valence-electron chi connectivity index (χ2n) is 5.07. The minimum absolute atomic E-state index is 0.0446. The molecule has 0 spiro atoms. The number of hydrogen-bond acceptors (Lipinski definition) is 4. The van der Waals surface area contributed by atoms with Crippen LogP contribution >= 0.6 is 0 Å². The van der Waals surface area contributed by atoms with Crippen molar-refractivity contribution < 1.29 is 19.3 Å². The van der Waals surface area contributed by atoms with Gasteiger partial charge in [0.05, 0.1) is 26.9 Å². The first-order valence-corrected chi connectivity index (χ1v) is 6.18. The van der Waals surface area contributed by atoms with Crippen molar-refractivity contribution in [2.45, 2.75) is 25.7 Å². The highest BCUT2D eigenvalue weighted by atomic mass is 16.5. The van der Waals surface area contributed by atoms with Crippen LogP contribution < -0.4 is 14.2 Å². The van der Waals surface area contributed by atoms with Crippen LogP contribution in [0.5, 0.6) is 17.2 Å². The summed E-state index contributed by atoms with van der Waals surface area (Å²) in [6.45, 7) is 5.25. The summed E-state index contributed by atoms with van der Waals surface area (Å²) < 4.78 is 16.8. The Hall–Kier alpha value is -1.42. The molecule has 0 aliphatic carbocycles. The first-order valence-electron chi connectivity index (χ1n) is 6.18. The third-order valence-electron chi connectivity index (χ3n) is 3.20. The first-order chi connectivity index (χ1) is 8.60. The average molecular weight is 252 g/mol. The fourth-order valence-electron chi connectivity index (χ4n) is 2.03. The molecule has 1 aliphatic rings. The van der Waals surface area contributed by atoms with Crippen LogP contribution in [0.1, 0.15) is 25.8 Å². The molecule has 18 heavy (non-hydrogen) atoms. The second kappa shape index (κ2) is 5.06. The number of methoxy groups -OCH3 is 1. The molecule has 0 saturated carbocycles. The summed E-state index contributed by atoms with van der Waals surface area (Å²) in [6, 6.07) is 3.82. The van der Waals surface area contributed by atoms with Gasteiger partial charge in [-0.1, -0.05) is 19.9 Å². The van der Waals surface area contributed by atoms with E-state index in [1.165, 1.54) is 0 Å². The lowest BCUT2D eigenvalue weighted by molar-refractivity contribution is 0.213. The number of aliphatic hydroxyl groups is 1. The van der Waals surface area contributed by atoms with Gasteiger partial charge in [0, 0.05) is 17.4 Å². The lowest BCUT2D eigenvalue weighted by Gasteiger charge is -2.26. The molecule has 1 aromatic rings. The number of ether oxygens (including phenoxy) is 3. The molecule has 1 heterocycles. The molecule has 100 valence electrons. The van der Waals surface area contributed by atoms with Crippen molar-refractivity contribution in [3.05, 3.63) is 17.7 Å². The maximum atomic E-state index is 9.50. The van der Waals surface area contributed by atoms with Gasteiger partial charge in [-0.3, -0.25) is 0 Å². The molecule has 4 nitrogen and oxygen atoms in total. The molecule has 0 fully saturated rings. The standard InChI is InChI=1S/C14H20O4/c1-14(2,9-15)10-5-6-11-13(12(10)16-3)18-8-4-7-17-11/h5-6,15H,4,7-9H2,1-3H3. The Morgan fingerprint density at radius 1 is 1.28 bits per heavy atom. The van der Waals surface area contributed by atoms with E-state index < -0.39 is 0 Å². The van der Waals surface area contributed by atoms with E-state index in [4.69, 9.17) is 14.2 Å². The monoisotopic (exact) mass is 252 g/mol. The van der Waals surface area contributed by atoms with E-state index in [2.05, 4.69) is 0 Å². The average Bonchev–Trinajstić information content (AvgIpc) is 2.62. The lowest BCUT2D eigenvalue weighted by Crippen LogP contribution is -2.23. The van der Waals surface area contributed by atoms with E-state index >= 15 is 0 Å². The Balaban J connectivity index is 2.53. The molecule has 2 rings (SSSR count). The third kappa shape index (κ3) is 2.25. The molecule has 0 saturated heterocycles. The Bertz CT molecular complexity index is 426. The SMILES string of the molecule is COc1c(C(C)(C)CO)ccc2c1OCCCO2. The van der Waals surface area contributed by atoms with Crippen LogP contribution in [0.2, 0.25) is 0 Å². The molecule has 0 unspecified atom stereocenters. The summed E-state index contributed by atoms with van der Waals surface area (Å²) in [5.41, 5.74) is 0.549. The molecule has 0 atom stereocenters. The van der Waals surface area contributed by atoms with Gasteiger partial charge in [-0.05, 0) is 6.07 Å². The molecule has 1 N–H and O–H groups in total. The van der Waals surface area contributed by atoms with Crippen molar-refractivity contribution in [1.29, 1.82) is 0 Å². The van der Waals surface area contributed by atoms with Gasteiger partial charge >= 0.3 is 0 Å². The molecule has 0 bridgehead atoms. The highest BCUT2D eigenvalue weighted by Crippen LogP contribution is 2.45. The summed E-state index contributed by atoms with van der Waals surface area (Å²) in [6.07, 6.45) is 0.858. The molecule has 4 heteroatoms. The molecule has 0 radical (unpaired) electrons. The number of aliphatic hydroxyl groups excluding tert-OH is 1. The number of rotatable bonds is 3. The van der Waals surface area contributed by atoms with Crippen LogP contribution in [-0.2, 0) is 5.41 Å². The quantitative estimate of drug-likeness (QED) is 0.895. The van der Waals surface area contributed by atoms with Gasteiger partial charge in [-0.15, -0.1) is 0 Å².